The summed E-state index contributed by atoms with van der Waals surface area (Å²) in [6.45, 7) is 3.96. The summed E-state index contributed by atoms with van der Waals surface area (Å²) in [7, 11) is 0. The Hall–Kier alpha value is -3.62. The molecular weight excluding hydrogens is 424 g/mol. The van der Waals surface area contributed by atoms with Crippen LogP contribution in [-0.2, 0) is 11.2 Å². The molecular formula is C24H28N4O5. The number of pyridine rings is 1. The van der Waals surface area contributed by atoms with Crippen LogP contribution in [0.1, 0.15) is 55.7 Å². The van der Waals surface area contributed by atoms with Crippen LogP contribution >= 0.6 is 0 Å². The van der Waals surface area contributed by atoms with Gasteiger partial charge < -0.3 is 19.9 Å². The van der Waals surface area contributed by atoms with Crippen molar-refractivity contribution in [1.82, 2.24) is 19.9 Å². The van der Waals surface area contributed by atoms with Crippen molar-refractivity contribution in [2.45, 2.75) is 51.6 Å². The molecule has 1 amide bonds. The number of aromatic hydroxyl groups is 1. The zero-order valence-electron chi connectivity index (χ0n) is 18.8. The third kappa shape index (κ3) is 5.42. The van der Waals surface area contributed by atoms with Gasteiger partial charge >= 0.3 is 0 Å². The Bertz CT molecular complexity index is 1170. The lowest BCUT2D eigenvalue weighted by Gasteiger charge is -2.32. The van der Waals surface area contributed by atoms with Crippen LogP contribution in [0.2, 0.25) is 0 Å². The Labute approximate surface area is 191 Å². The van der Waals surface area contributed by atoms with Gasteiger partial charge in [-0.05, 0) is 38.8 Å². The topological polar surface area (TPSA) is 115 Å². The molecule has 1 aliphatic rings. The number of phenols is 1. The van der Waals surface area contributed by atoms with Crippen molar-refractivity contribution in [2.75, 3.05) is 13.2 Å². The van der Waals surface area contributed by atoms with Gasteiger partial charge in [0.05, 0.1) is 6.42 Å². The first-order valence-electron chi connectivity index (χ1n) is 11.1. The fourth-order valence-electron chi connectivity index (χ4n) is 3.90. The van der Waals surface area contributed by atoms with E-state index in [1.165, 1.54) is 12.1 Å². The lowest BCUT2D eigenvalue weighted by atomic mass is 9.92. The average Bonchev–Trinajstić information content (AvgIpc) is 3.16. The molecule has 0 fully saturated rings. The fraction of sp³-hybridized carbons (Fsp3) is 0.417. The van der Waals surface area contributed by atoms with Crippen LogP contribution < -0.4 is 14.8 Å². The molecule has 0 atom stereocenters. The number of ether oxygens (including phenoxy) is 2. The zero-order chi connectivity index (χ0) is 23.4. The number of unbranched alkanes of at least 4 members (excludes halogenated alkanes) is 2. The average molecular weight is 453 g/mol. The second kappa shape index (κ2) is 9.48. The van der Waals surface area contributed by atoms with Crippen molar-refractivity contribution >= 4 is 17.3 Å². The number of carbonyl (C=O) groups excluding carboxylic acids is 2. The van der Waals surface area contributed by atoms with Crippen LogP contribution in [0, 0.1) is 0 Å². The molecule has 3 heterocycles. The van der Waals surface area contributed by atoms with E-state index in [-0.39, 0.29) is 47.5 Å². The van der Waals surface area contributed by atoms with Gasteiger partial charge in [0.2, 0.25) is 0 Å². The van der Waals surface area contributed by atoms with Gasteiger partial charge in [-0.15, -0.1) is 10.2 Å². The standard InChI is InChI=1S/C24H28N4O5/c1-24(2)14-18(30)23-17(29)12-16(13-19(23)33-24)32-15-22(31)25-10-6-3-4-8-20-26-27-21-9-5-7-11-28(20)21/h5,7,9,11-13,29H,3-4,6,8,10,14-15H2,1-2H3,(H,25,31). The van der Waals surface area contributed by atoms with Gasteiger partial charge in [0.15, 0.2) is 18.0 Å². The van der Waals surface area contributed by atoms with E-state index < -0.39 is 5.60 Å². The Morgan fingerprint density at radius 3 is 2.94 bits per heavy atom. The number of rotatable bonds is 9. The predicted octanol–water partition coefficient (Wildman–Crippen LogP) is 3.09. The quantitative estimate of drug-likeness (QED) is 0.480. The van der Waals surface area contributed by atoms with Gasteiger partial charge in [0, 0.05) is 31.3 Å². The van der Waals surface area contributed by atoms with Crippen LogP contribution in [0.15, 0.2) is 36.5 Å². The second-order valence-corrected chi connectivity index (χ2v) is 8.77. The van der Waals surface area contributed by atoms with E-state index in [9.17, 15) is 14.7 Å². The third-order valence-corrected chi connectivity index (χ3v) is 5.46. The Balaban J connectivity index is 1.18. The molecule has 0 saturated heterocycles. The summed E-state index contributed by atoms with van der Waals surface area (Å²) in [6, 6.07) is 8.68. The van der Waals surface area contributed by atoms with Crippen LogP contribution in [-0.4, -0.2) is 50.1 Å². The Morgan fingerprint density at radius 1 is 1.24 bits per heavy atom. The monoisotopic (exact) mass is 452 g/mol. The van der Waals surface area contributed by atoms with Crippen molar-refractivity contribution in [3.63, 3.8) is 0 Å². The first-order valence-corrected chi connectivity index (χ1v) is 11.1. The summed E-state index contributed by atoms with van der Waals surface area (Å²) in [5.41, 5.74) is 0.340. The molecule has 0 saturated carbocycles. The summed E-state index contributed by atoms with van der Waals surface area (Å²) < 4.78 is 13.3. The number of carbonyl (C=O) groups is 2. The largest absolute Gasteiger partial charge is 0.507 e. The van der Waals surface area contributed by atoms with E-state index in [0.717, 1.165) is 37.2 Å². The molecule has 0 unspecified atom stereocenters. The number of aryl methyl sites for hydroxylation is 1. The van der Waals surface area contributed by atoms with E-state index in [4.69, 9.17) is 9.47 Å². The zero-order valence-corrected chi connectivity index (χ0v) is 18.8. The number of aromatic nitrogens is 3. The highest BCUT2D eigenvalue weighted by Gasteiger charge is 2.35. The smallest absolute Gasteiger partial charge is 0.257 e. The van der Waals surface area contributed by atoms with Gasteiger partial charge in [-0.25, -0.2) is 0 Å². The van der Waals surface area contributed by atoms with E-state index in [0.29, 0.717) is 6.54 Å². The number of amides is 1. The molecule has 0 aliphatic carbocycles. The van der Waals surface area contributed by atoms with Gasteiger partial charge in [-0.3, -0.25) is 14.0 Å². The minimum Gasteiger partial charge on any atom is -0.507 e. The first kappa shape index (κ1) is 22.6. The molecule has 1 aromatic carbocycles. The number of phenolic OH excluding ortho intramolecular Hbond substituents is 1. The van der Waals surface area contributed by atoms with Gasteiger partial charge in [0.1, 0.15) is 34.2 Å². The van der Waals surface area contributed by atoms with Crippen molar-refractivity contribution in [3.8, 4) is 17.2 Å². The summed E-state index contributed by atoms with van der Waals surface area (Å²) in [4.78, 5) is 24.4. The SMILES string of the molecule is CC1(C)CC(=O)c2c(O)cc(OCC(=O)NCCCCCc3nnc4ccccn34)cc2O1. The van der Waals surface area contributed by atoms with Crippen LogP contribution in [0.5, 0.6) is 17.2 Å². The van der Waals surface area contributed by atoms with Crippen molar-refractivity contribution in [2.24, 2.45) is 0 Å². The molecule has 3 aromatic rings. The molecule has 1 aliphatic heterocycles. The van der Waals surface area contributed by atoms with E-state index in [1.54, 1.807) is 13.8 Å². The van der Waals surface area contributed by atoms with E-state index in [2.05, 4.69) is 15.5 Å². The number of hydrogen-bond donors (Lipinski definition) is 2. The van der Waals surface area contributed by atoms with Crippen molar-refractivity contribution in [1.29, 1.82) is 0 Å². The molecule has 2 N–H and O–H groups in total. The Kier molecular flexibility index (Phi) is 6.48. The molecule has 33 heavy (non-hydrogen) atoms. The van der Waals surface area contributed by atoms with Crippen LogP contribution in [0.4, 0.5) is 0 Å². The minimum atomic E-state index is -0.659. The number of nitrogens with zero attached hydrogens (tertiary/aromatic N) is 3. The number of hydrogen-bond acceptors (Lipinski definition) is 7. The summed E-state index contributed by atoms with van der Waals surface area (Å²) in [5.74, 6) is 0.835. The first-order chi connectivity index (χ1) is 15.8. The Morgan fingerprint density at radius 2 is 2.09 bits per heavy atom. The highest BCUT2D eigenvalue weighted by molar-refractivity contribution is 6.03. The van der Waals surface area contributed by atoms with Gasteiger partial charge in [0.25, 0.3) is 5.91 Å². The lowest BCUT2D eigenvalue weighted by molar-refractivity contribution is -0.123. The van der Waals surface area contributed by atoms with Crippen LogP contribution in [0.25, 0.3) is 5.65 Å². The molecule has 9 heteroatoms. The van der Waals surface area contributed by atoms with Crippen molar-refractivity contribution < 1.29 is 24.2 Å². The lowest BCUT2D eigenvalue weighted by Crippen LogP contribution is -2.36. The minimum absolute atomic E-state index is 0.158. The number of nitrogens with one attached hydrogen (secondary N) is 1. The number of fused-ring (bicyclic) bond motifs is 2. The fourth-order valence-corrected chi connectivity index (χ4v) is 3.90. The summed E-state index contributed by atoms with van der Waals surface area (Å²) in [5, 5.41) is 21.4. The van der Waals surface area contributed by atoms with Crippen LogP contribution in [0.3, 0.4) is 0 Å². The number of benzene rings is 1. The number of Topliss-reactive ketones (excluding diaryl/α,β-unsaturated/α-hetero) is 1. The molecule has 0 spiro atoms. The molecule has 0 bridgehead atoms. The normalized spacial score (nSPS) is 14.5. The van der Waals surface area contributed by atoms with Gasteiger partial charge in [-0.2, -0.15) is 0 Å². The number of ketones is 1. The highest BCUT2D eigenvalue weighted by Crippen LogP contribution is 2.40. The second-order valence-electron chi connectivity index (χ2n) is 8.77. The molecule has 9 nitrogen and oxygen atoms in total. The molecule has 4 rings (SSSR count). The predicted molar refractivity (Wildman–Crippen MR) is 121 cm³/mol. The van der Waals surface area contributed by atoms with E-state index >= 15 is 0 Å². The maximum atomic E-state index is 12.3. The highest BCUT2D eigenvalue weighted by atomic mass is 16.5. The van der Waals surface area contributed by atoms with Crippen molar-refractivity contribution in [3.05, 3.63) is 47.9 Å². The molecule has 2 aromatic heterocycles. The van der Waals surface area contributed by atoms with E-state index in [1.807, 2.05) is 28.8 Å². The third-order valence-electron chi connectivity index (χ3n) is 5.46. The molecule has 0 radical (unpaired) electrons. The summed E-state index contributed by atoms with van der Waals surface area (Å²) in [6.07, 6.45) is 5.70. The maximum Gasteiger partial charge on any atom is 0.257 e. The summed E-state index contributed by atoms with van der Waals surface area (Å²) >= 11 is 0. The maximum absolute atomic E-state index is 12.3. The van der Waals surface area contributed by atoms with Gasteiger partial charge in [-0.1, -0.05) is 12.5 Å². The molecule has 174 valence electrons.